The number of carbonyl (C=O) groups excluding carboxylic acids is 1. The Balaban J connectivity index is 2.22. The molecule has 0 spiro atoms. The SMILES string of the molecule is COCCS(=O)(=O)c1ccc(C(=O)N2CCCC2(C)C(=O)O)cc1. The summed E-state index contributed by atoms with van der Waals surface area (Å²) in [4.78, 5) is 25.5. The number of carboxylic acids is 1. The average molecular weight is 355 g/mol. The van der Waals surface area contributed by atoms with Gasteiger partial charge in [-0.25, -0.2) is 13.2 Å². The topological polar surface area (TPSA) is 101 Å². The normalized spacial score (nSPS) is 21.0. The maximum absolute atomic E-state index is 12.6. The highest BCUT2D eigenvalue weighted by Gasteiger charge is 2.46. The lowest BCUT2D eigenvalue weighted by Gasteiger charge is -2.31. The summed E-state index contributed by atoms with van der Waals surface area (Å²) in [6.45, 7) is 1.99. The number of methoxy groups -OCH3 is 1. The maximum atomic E-state index is 12.6. The van der Waals surface area contributed by atoms with E-state index >= 15 is 0 Å². The van der Waals surface area contributed by atoms with E-state index in [1.165, 1.54) is 43.2 Å². The van der Waals surface area contributed by atoms with Crippen LogP contribution in [0.2, 0.25) is 0 Å². The quantitative estimate of drug-likeness (QED) is 0.822. The van der Waals surface area contributed by atoms with Crippen LogP contribution in [-0.2, 0) is 19.4 Å². The first-order valence-electron chi connectivity index (χ1n) is 7.59. The van der Waals surface area contributed by atoms with Gasteiger partial charge < -0.3 is 14.7 Å². The van der Waals surface area contributed by atoms with E-state index in [-0.39, 0.29) is 22.8 Å². The van der Waals surface area contributed by atoms with Crippen LogP contribution in [0.1, 0.15) is 30.1 Å². The standard InChI is InChI=1S/C16H21NO6S/c1-16(15(19)20)8-3-9-17(16)14(18)12-4-6-13(7-5-12)24(21,22)11-10-23-2/h4-7H,3,8-11H2,1-2H3,(H,19,20). The van der Waals surface area contributed by atoms with Gasteiger partial charge in [-0.1, -0.05) is 0 Å². The fourth-order valence-corrected chi connectivity index (χ4v) is 3.96. The van der Waals surface area contributed by atoms with E-state index in [0.717, 1.165) is 0 Å². The number of amides is 1. The summed E-state index contributed by atoms with van der Waals surface area (Å²) in [5.74, 6) is -1.58. The number of sulfone groups is 1. The molecular weight excluding hydrogens is 334 g/mol. The van der Waals surface area contributed by atoms with E-state index in [0.29, 0.717) is 19.4 Å². The van der Waals surface area contributed by atoms with E-state index in [4.69, 9.17) is 4.74 Å². The van der Waals surface area contributed by atoms with Crippen LogP contribution in [0.15, 0.2) is 29.2 Å². The number of rotatable bonds is 6. The van der Waals surface area contributed by atoms with Crippen molar-refractivity contribution in [3.05, 3.63) is 29.8 Å². The molecule has 2 rings (SSSR count). The average Bonchev–Trinajstić information content (AvgIpc) is 2.96. The summed E-state index contributed by atoms with van der Waals surface area (Å²) >= 11 is 0. The van der Waals surface area contributed by atoms with Crippen molar-refractivity contribution in [2.75, 3.05) is 26.0 Å². The van der Waals surface area contributed by atoms with Gasteiger partial charge in [-0.3, -0.25) is 4.79 Å². The third-order valence-electron chi connectivity index (χ3n) is 4.36. The minimum Gasteiger partial charge on any atom is -0.480 e. The fraction of sp³-hybridized carbons (Fsp3) is 0.500. The molecule has 1 N–H and O–H groups in total. The number of aliphatic carboxylic acids is 1. The van der Waals surface area contributed by atoms with Gasteiger partial charge in [0.1, 0.15) is 5.54 Å². The van der Waals surface area contributed by atoms with E-state index in [1.807, 2.05) is 0 Å². The first-order valence-corrected chi connectivity index (χ1v) is 9.25. The van der Waals surface area contributed by atoms with Crippen molar-refractivity contribution in [1.29, 1.82) is 0 Å². The van der Waals surface area contributed by atoms with Crippen LogP contribution in [-0.4, -0.2) is 61.9 Å². The number of benzene rings is 1. The summed E-state index contributed by atoms with van der Waals surface area (Å²) in [7, 11) is -2.04. The minimum atomic E-state index is -3.46. The molecule has 1 aliphatic heterocycles. The Hall–Kier alpha value is -1.93. The highest BCUT2D eigenvalue weighted by molar-refractivity contribution is 7.91. The van der Waals surface area contributed by atoms with Crippen LogP contribution in [0.4, 0.5) is 0 Å². The van der Waals surface area contributed by atoms with Crippen molar-refractivity contribution in [2.24, 2.45) is 0 Å². The summed E-state index contributed by atoms with van der Waals surface area (Å²) in [6.07, 6.45) is 1.02. The smallest absolute Gasteiger partial charge is 0.329 e. The van der Waals surface area contributed by atoms with Crippen molar-refractivity contribution < 1.29 is 27.9 Å². The lowest BCUT2D eigenvalue weighted by molar-refractivity contribution is -0.147. The highest BCUT2D eigenvalue weighted by atomic mass is 32.2. The molecular formula is C16H21NO6S. The lowest BCUT2D eigenvalue weighted by atomic mass is 9.98. The zero-order valence-corrected chi connectivity index (χ0v) is 14.5. The van der Waals surface area contributed by atoms with E-state index in [9.17, 15) is 23.1 Å². The van der Waals surface area contributed by atoms with Crippen LogP contribution in [0.5, 0.6) is 0 Å². The molecule has 1 fully saturated rings. The first kappa shape index (κ1) is 18.4. The van der Waals surface area contributed by atoms with Crippen LogP contribution in [0.3, 0.4) is 0 Å². The minimum absolute atomic E-state index is 0.0910. The van der Waals surface area contributed by atoms with Crippen LogP contribution in [0.25, 0.3) is 0 Å². The van der Waals surface area contributed by atoms with Crippen LogP contribution < -0.4 is 0 Å². The monoisotopic (exact) mass is 355 g/mol. The van der Waals surface area contributed by atoms with Crippen molar-refractivity contribution in [3.8, 4) is 0 Å². The summed E-state index contributed by atoms with van der Waals surface area (Å²) in [6, 6.07) is 5.57. The van der Waals surface area contributed by atoms with Gasteiger partial charge in [-0.15, -0.1) is 0 Å². The van der Waals surface area contributed by atoms with Gasteiger partial charge >= 0.3 is 5.97 Å². The van der Waals surface area contributed by atoms with Gasteiger partial charge in [0.2, 0.25) is 0 Å². The number of carboxylic acid groups (broad SMARTS) is 1. The third-order valence-corrected chi connectivity index (χ3v) is 6.06. The fourth-order valence-electron chi connectivity index (χ4n) is 2.78. The number of ether oxygens (including phenoxy) is 1. The molecule has 0 radical (unpaired) electrons. The Morgan fingerprint density at radius 2 is 1.92 bits per heavy atom. The second-order valence-electron chi connectivity index (χ2n) is 5.98. The molecule has 24 heavy (non-hydrogen) atoms. The van der Waals surface area contributed by atoms with Gasteiger partial charge in [-0.2, -0.15) is 0 Å². The Bertz CT molecular complexity index is 727. The number of likely N-dealkylation sites (tertiary alicyclic amines) is 1. The van der Waals surface area contributed by atoms with E-state index < -0.39 is 27.3 Å². The summed E-state index contributed by atoms with van der Waals surface area (Å²) in [5, 5.41) is 9.39. The van der Waals surface area contributed by atoms with Gasteiger partial charge in [0.05, 0.1) is 17.3 Å². The molecule has 8 heteroatoms. The predicted molar refractivity (Wildman–Crippen MR) is 86.7 cm³/mol. The molecule has 1 atom stereocenters. The number of hydrogen-bond donors (Lipinski definition) is 1. The predicted octanol–water partition coefficient (Wildman–Crippen LogP) is 1.19. The van der Waals surface area contributed by atoms with Crippen molar-refractivity contribution in [2.45, 2.75) is 30.2 Å². The van der Waals surface area contributed by atoms with Gasteiger partial charge in [0.15, 0.2) is 9.84 Å². The molecule has 0 saturated carbocycles. The molecule has 7 nitrogen and oxygen atoms in total. The first-order chi connectivity index (χ1) is 11.2. The lowest BCUT2D eigenvalue weighted by Crippen LogP contribution is -2.50. The second kappa shape index (κ2) is 6.90. The Labute approximate surface area is 141 Å². The van der Waals surface area contributed by atoms with Crippen molar-refractivity contribution >= 4 is 21.7 Å². The zero-order chi connectivity index (χ0) is 18.0. The third kappa shape index (κ3) is 3.44. The Kier molecular flexibility index (Phi) is 5.29. The Morgan fingerprint density at radius 1 is 1.29 bits per heavy atom. The van der Waals surface area contributed by atoms with Crippen molar-refractivity contribution in [1.82, 2.24) is 4.90 Å². The van der Waals surface area contributed by atoms with Gasteiger partial charge in [0.25, 0.3) is 5.91 Å². The van der Waals surface area contributed by atoms with Crippen LogP contribution >= 0.6 is 0 Å². The summed E-state index contributed by atoms with van der Waals surface area (Å²) in [5.41, 5.74) is -0.949. The number of carbonyl (C=O) groups is 2. The Morgan fingerprint density at radius 3 is 2.46 bits per heavy atom. The largest absolute Gasteiger partial charge is 0.480 e. The molecule has 132 valence electrons. The van der Waals surface area contributed by atoms with Crippen LogP contribution in [0, 0.1) is 0 Å². The molecule has 1 aromatic rings. The highest BCUT2D eigenvalue weighted by Crippen LogP contribution is 2.31. The van der Waals surface area contributed by atoms with Gasteiger partial charge in [-0.05, 0) is 44.0 Å². The van der Waals surface area contributed by atoms with Crippen molar-refractivity contribution in [3.63, 3.8) is 0 Å². The molecule has 1 aliphatic rings. The second-order valence-corrected chi connectivity index (χ2v) is 8.08. The molecule has 1 aromatic carbocycles. The molecule has 1 amide bonds. The zero-order valence-electron chi connectivity index (χ0n) is 13.7. The molecule has 1 heterocycles. The van der Waals surface area contributed by atoms with E-state index in [1.54, 1.807) is 0 Å². The van der Waals surface area contributed by atoms with Gasteiger partial charge in [0, 0.05) is 19.2 Å². The summed E-state index contributed by atoms with van der Waals surface area (Å²) < 4.78 is 28.9. The number of nitrogens with zero attached hydrogens (tertiary/aromatic N) is 1. The molecule has 1 saturated heterocycles. The number of hydrogen-bond acceptors (Lipinski definition) is 5. The van der Waals surface area contributed by atoms with E-state index in [2.05, 4.69) is 0 Å². The molecule has 0 aromatic heterocycles. The molecule has 0 aliphatic carbocycles. The molecule has 0 bridgehead atoms. The maximum Gasteiger partial charge on any atom is 0.329 e. The molecule has 1 unspecified atom stereocenters.